The van der Waals surface area contributed by atoms with Gasteiger partial charge in [0, 0.05) is 6.54 Å². The Morgan fingerprint density at radius 1 is 1.33 bits per heavy atom. The quantitative estimate of drug-likeness (QED) is 0.757. The van der Waals surface area contributed by atoms with Crippen molar-refractivity contribution in [2.45, 2.75) is 51.9 Å². The molecule has 0 bridgehead atoms. The molecule has 18 heavy (non-hydrogen) atoms. The van der Waals surface area contributed by atoms with Crippen LogP contribution in [0.3, 0.4) is 0 Å². The minimum Gasteiger partial charge on any atom is -0.444 e. The molecule has 1 fully saturated rings. The van der Waals surface area contributed by atoms with Crippen molar-refractivity contribution < 1.29 is 19.1 Å². The van der Waals surface area contributed by atoms with E-state index in [1.807, 2.05) is 34.6 Å². The lowest BCUT2D eigenvalue weighted by atomic mass is 9.97. The summed E-state index contributed by atoms with van der Waals surface area (Å²) in [7, 11) is 0. The molecule has 6 heteroatoms. The molecule has 0 spiro atoms. The lowest BCUT2D eigenvalue weighted by molar-refractivity contribution is -0.126. The molecule has 0 aromatic rings. The summed E-state index contributed by atoms with van der Waals surface area (Å²) in [6.45, 7) is 10.5. The lowest BCUT2D eigenvalue weighted by Crippen LogP contribution is -2.60. The molecule has 0 aliphatic carbocycles. The monoisotopic (exact) mass is 260 g/mol. The van der Waals surface area contributed by atoms with Crippen molar-refractivity contribution in [2.75, 3.05) is 19.8 Å². The van der Waals surface area contributed by atoms with Crippen LogP contribution in [0.5, 0.6) is 0 Å². The van der Waals surface area contributed by atoms with E-state index in [4.69, 9.17) is 20.2 Å². The molecule has 1 heterocycles. The first-order valence-electron chi connectivity index (χ1n) is 6.12. The first-order valence-corrected chi connectivity index (χ1v) is 6.12. The Hall–Kier alpha value is -0.850. The van der Waals surface area contributed by atoms with Crippen molar-refractivity contribution in [3.63, 3.8) is 0 Å². The minimum atomic E-state index is -0.683. The second kappa shape index (κ2) is 5.42. The molecule has 1 saturated heterocycles. The smallest absolute Gasteiger partial charge is 0.410 e. The van der Waals surface area contributed by atoms with Crippen molar-refractivity contribution in [3.05, 3.63) is 0 Å². The maximum Gasteiger partial charge on any atom is 0.410 e. The third-order valence-corrected chi connectivity index (χ3v) is 2.86. The number of rotatable bonds is 2. The fourth-order valence-electron chi connectivity index (χ4n) is 1.80. The van der Waals surface area contributed by atoms with E-state index in [-0.39, 0.29) is 12.1 Å². The number of nitrogens with zero attached hydrogens (tertiary/aromatic N) is 1. The topological polar surface area (TPSA) is 74.0 Å². The van der Waals surface area contributed by atoms with Gasteiger partial charge < -0.3 is 9.47 Å². The van der Waals surface area contributed by atoms with E-state index in [2.05, 4.69) is 0 Å². The number of amides is 1. The van der Waals surface area contributed by atoms with Crippen molar-refractivity contribution in [1.82, 2.24) is 4.90 Å². The van der Waals surface area contributed by atoms with Gasteiger partial charge in [-0.3, -0.25) is 9.74 Å². The number of hydrogen-bond acceptors (Lipinski definition) is 5. The Morgan fingerprint density at radius 3 is 2.44 bits per heavy atom. The predicted octanol–water partition coefficient (Wildman–Crippen LogP) is 1.29. The Labute approximate surface area is 108 Å². The molecule has 1 unspecified atom stereocenters. The standard InChI is InChI=1S/C12H24N2O4/c1-11(2,3)17-10(15)14-6-7-16-8-9(14)12(4,5)18-13/h9H,6-8,13H2,1-5H3. The maximum absolute atomic E-state index is 12.1. The highest BCUT2D eigenvalue weighted by molar-refractivity contribution is 5.69. The zero-order valence-electron chi connectivity index (χ0n) is 11.9. The van der Waals surface area contributed by atoms with Crippen LogP contribution in [0.1, 0.15) is 34.6 Å². The first-order chi connectivity index (χ1) is 8.17. The summed E-state index contributed by atoms with van der Waals surface area (Å²) in [4.78, 5) is 18.7. The first kappa shape index (κ1) is 15.2. The second-order valence-corrected chi connectivity index (χ2v) is 5.99. The SMILES string of the molecule is CC(C)(C)OC(=O)N1CCOCC1C(C)(C)ON. The Balaban J connectivity index is 2.80. The molecule has 1 amide bonds. The molecule has 1 rings (SSSR count). The van der Waals surface area contributed by atoms with Gasteiger partial charge in [0.25, 0.3) is 0 Å². The zero-order valence-corrected chi connectivity index (χ0v) is 11.9. The van der Waals surface area contributed by atoms with E-state index >= 15 is 0 Å². The van der Waals surface area contributed by atoms with Crippen LogP contribution in [0.15, 0.2) is 0 Å². The molecule has 106 valence electrons. The molecular weight excluding hydrogens is 236 g/mol. The highest BCUT2D eigenvalue weighted by Gasteiger charge is 2.41. The summed E-state index contributed by atoms with van der Waals surface area (Å²) in [5.74, 6) is 5.29. The van der Waals surface area contributed by atoms with E-state index in [9.17, 15) is 4.79 Å². The number of ether oxygens (including phenoxy) is 2. The van der Waals surface area contributed by atoms with Gasteiger partial charge in [0.15, 0.2) is 0 Å². The van der Waals surface area contributed by atoms with Crippen molar-refractivity contribution >= 4 is 6.09 Å². The van der Waals surface area contributed by atoms with E-state index in [1.165, 1.54) is 0 Å². The molecule has 1 atom stereocenters. The highest BCUT2D eigenvalue weighted by atomic mass is 16.6. The van der Waals surface area contributed by atoms with Crippen LogP contribution in [0.2, 0.25) is 0 Å². The number of hydrogen-bond donors (Lipinski definition) is 1. The number of morpholine rings is 1. The van der Waals surface area contributed by atoms with Crippen molar-refractivity contribution in [2.24, 2.45) is 5.90 Å². The normalized spacial score (nSPS) is 21.9. The third kappa shape index (κ3) is 3.83. The predicted molar refractivity (Wildman–Crippen MR) is 66.9 cm³/mol. The molecule has 0 radical (unpaired) electrons. The molecule has 1 aliphatic heterocycles. The molecule has 2 N–H and O–H groups in total. The van der Waals surface area contributed by atoms with Gasteiger partial charge in [-0.1, -0.05) is 0 Å². The molecule has 0 aromatic carbocycles. The summed E-state index contributed by atoms with van der Waals surface area (Å²) < 4.78 is 10.8. The maximum atomic E-state index is 12.1. The number of carbonyl (C=O) groups is 1. The van der Waals surface area contributed by atoms with E-state index in [1.54, 1.807) is 4.90 Å². The Kier molecular flexibility index (Phi) is 4.58. The summed E-state index contributed by atoms with van der Waals surface area (Å²) in [6.07, 6.45) is -0.360. The van der Waals surface area contributed by atoms with Gasteiger partial charge in [0.05, 0.1) is 19.3 Å². The van der Waals surface area contributed by atoms with Gasteiger partial charge in [0.2, 0.25) is 0 Å². The Morgan fingerprint density at radius 2 is 1.94 bits per heavy atom. The van der Waals surface area contributed by atoms with Gasteiger partial charge in [-0.2, -0.15) is 0 Å². The molecule has 1 aliphatic rings. The number of carbonyl (C=O) groups excluding carboxylic acids is 1. The van der Waals surface area contributed by atoms with E-state index in [0.717, 1.165) is 0 Å². The van der Waals surface area contributed by atoms with Gasteiger partial charge in [-0.15, -0.1) is 0 Å². The van der Waals surface area contributed by atoms with Gasteiger partial charge in [-0.25, -0.2) is 10.7 Å². The summed E-state index contributed by atoms with van der Waals surface area (Å²) in [5.41, 5.74) is -1.20. The average molecular weight is 260 g/mol. The van der Waals surface area contributed by atoms with Crippen LogP contribution >= 0.6 is 0 Å². The van der Waals surface area contributed by atoms with Crippen molar-refractivity contribution in [1.29, 1.82) is 0 Å². The van der Waals surface area contributed by atoms with E-state index in [0.29, 0.717) is 19.8 Å². The second-order valence-electron chi connectivity index (χ2n) is 5.99. The van der Waals surface area contributed by atoms with E-state index < -0.39 is 11.2 Å². The van der Waals surface area contributed by atoms with Crippen LogP contribution in [0, 0.1) is 0 Å². The molecule has 0 saturated carbocycles. The average Bonchev–Trinajstić information content (AvgIpc) is 2.27. The van der Waals surface area contributed by atoms with Crippen LogP contribution < -0.4 is 5.90 Å². The minimum absolute atomic E-state index is 0.258. The number of nitrogens with two attached hydrogens (primary N) is 1. The van der Waals surface area contributed by atoms with Crippen LogP contribution in [0.4, 0.5) is 4.79 Å². The molecule has 6 nitrogen and oxygen atoms in total. The van der Waals surface area contributed by atoms with Crippen LogP contribution in [-0.2, 0) is 14.3 Å². The highest BCUT2D eigenvalue weighted by Crippen LogP contribution is 2.23. The van der Waals surface area contributed by atoms with Crippen molar-refractivity contribution in [3.8, 4) is 0 Å². The molecule has 0 aromatic heterocycles. The fourth-order valence-corrected chi connectivity index (χ4v) is 1.80. The Bertz CT molecular complexity index is 299. The summed E-state index contributed by atoms with van der Waals surface area (Å²) >= 11 is 0. The van der Waals surface area contributed by atoms with Gasteiger partial charge in [0.1, 0.15) is 11.2 Å². The fraction of sp³-hybridized carbons (Fsp3) is 0.917. The van der Waals surface area contributed by atoms with Crippen LogP contribution in [0.25, 0.3) is 0 Å². The zero-order chi connectivity index (χ0) is 14.0. The third-order valence-electron chi connectivity index (χ3n) is 2.86. The lowest BCUT2D eigenvalue weighted by Gasteiger charge is -2.43. The summed E-state index contributed by atoms with van der Waals surface area (Å²) in [6, 6.07) is -0.258. The largest absolute Gasteiger partial charge is 0.444 e. The summed E-state index contributed by atoms with van der Waals surface area (Å²) in [5, 5.41) is 0. The molecular formula is C12H24N2O4. The van der Waals surface area contributed by atoms with Crippen LogP contribution in [-0.4, -0.2) is 48.0 Å². The van der Waals surface area contributed by atoms with Gasteiger partial charge in [-0.05, 0) is 34.6 Å². The van der Waals surface area contributed by atoms with Gasteiger partial charge >= 0.3 is 6.09 Å².